The Hall–Kier alpha value is -0.840. The van der Waals surface area contributed by atoms with Gasteiger partial charge < -0.3 is 10.2 Å². The summed E-state index contributed by atoms with van der Waals surface area (Å²) in [6, 6.07) is 4.02. The molecule has 1 aromatic rings. The van der Waals surface area contributed by atoms with Crippen LogP contribution < -0.4 is 5.32 Å². The van der Waals surface area contributed by atoms with E-state index in [9.17, 15) is 4.79 Å². The molecule has 2 rings (SSSR count). The van der Waals surface area contributed by atoms with Gasteiger partial charge in [0.15, 0.2) is 0 Å². The van der Waals surface area contributed by atoms with Gasteiger partial charge in [-0.15, -0.1) is 12.4 Å². The third kappa shape index (κ3) is 4.08. The maximum atomic E-state index is 12.2. The van der Waals surface area contributed by atoms with Crippen molar-refractivity contribution in [1.82, 2.24) is 15.2 Å². The van der Waals surface area contributed by atoms with E-state index in [4.69, 9.17) is 11.6 Å². The molecular formula is C14H21Cl2N3O. The second-order valence-electron chi connectivity index (χ2n) is 5.24. The minimum absolute atomic E-state index is 0. The Labute approximate surface area is 131 Å². The number of hydrogen-bond acceptors (Lipinski definition) is 3. The smallest absolute Gasteiger partial charge is 0.254 e. The number of nitrogens with one attached hydrogen (secondary N) is 1. The zero-order valence-electron chi connectivity index (χ0n) is 11.8. The second kappa shape index (κ2) is 7.81. The number of amides is 1. The number of aromatic nitrogens is 1. The largest absolute Gasteiger partial charge is 0.348 e. The zero-order chi connectivity index (χ0) is 13.8. The molecule has 0 radical (unpaired) electrons. The van der Waals surface area contributed by atoms with Crippen LogP contribution in [0.3, 0.4) is 0 Å². The normalized spacial score (nSPS) is 22.2. The lowest BCUT2D eigenvalue weighted by atomic mass is 9.89. The third-order valence-corrected chi connectivity index (χ3v) is 4.01. The molecule has 112 valence electrons. The Morgan fingerprint density at radius 1 is 1.40 bits per heavy atom. The SMILES string of the molecule is CN(C)[C@@H]1CCCC[C@H]1NC(=O)c1cccnc1Cl.Cl. The first-order chi connectivity index (χ1) is 9.09. The molecule has 2 atom stereocenters. The molecule has 4 nitrogen and oxygen atoms in total. The van der Waals surface area contributed by atoms with Gasteiger partial charge in [0.25, 0.3) is 5.91 Å². The summed E-state index contributed by atoms with van der Waals surface area (Å²) in [5.74, 6) is -0.128. The highest BCUT2D eigenvalue weighted by Gasteiger charge is 2.28. The highest BCUT2D eigenvalue weighted by molar-refractivity contribution is 6.32. The number of halogens is 2. The number of carbonyl (C=O) groups is 1. The maximum absolute atomic E-state index is 12.2. The van der Waals surface area contributed by atoms with Gasteiger partial charge in [-0.1, -0.05) is 24.4 Å². The summed E-state index contributed by atoms with van der Waals surface area (Å²) in [6.45, 7) is 0. The van der Waals surface area contributed by atoms with Crippen LogP contribution >= 0.6 is 24.0 Å². The molecule has 0 spiro atoms. The first-order valence-corrected chi connectivity index (χ1v) is 7.05. The molecule has 1 saturated carbocycles. The van der Waals surface area contributed by atoms with Gasteiger partial charge in [-0.3, -0.25) is 4.79 Å². The van der Waals surface area contributed by atoms with Gasteiger partial charge in [0.1, 0.15) is 5.15 Å². The van der Waals surface area contributed by atoms with Gasteiger partial charge in [0.05, 0.1) is 5.56 Å². The van der Waals surface area contributed by atoms with Crippen LogP contribution in [-0.4, -0.2) is 42.0 Å². The molecular weight excluding hydrogens is 297 g/mol. The Kier molecular flexibility index (Phi) is 6.72. The molecule has 1 aromatic heterocycles. The van der Waals surface area contributed by atoms with E-state index in [1.807, 2.05) is 0 Å². The van der Waals surface area contributed by atoms with Crippen LogP contribution in [0.15, 0.2) is 18.3 Å². The van der Waals surface area contributed by atoms with Crippen LogP contribution in [0.5, 0.6) is 0 Å². The predicted molar refractivity (Wildman–Crippen MR) is 83.7 cm³/mol. The van der Waals surface area contributed by atoms with Crippen LogP contribution in [0.1, 0.15) is 36.0 Å². The lowest BCUT2D eigenvalue weighted by Crippen LogP contribution is -2.51. The molecule has 0 saturated heterocycles. The van der Waals surface area contributed by atoms with Crippen molar-refractivity contribution in [3.63, 3.8) is 0 Å². The number of rotatable bonds is 3. The summed E-state index contributed by atoms with van der Waals surface area (Å²) in [7, 11) is 4.12. The number of hydrogen-bond donors (Lipinski definition) is 1. The van der Waals surface area contributed by atoms with Crippen molar-refractivity contribution in [3.05, 3.63) is 29.0 Å². The first kappa shape index (κ1) is 17.2. The number of carbonyl (C=O) groups excluding carboxylic acids is 1. The maximum Gasteiger partial charge on any atom is 0.254 e. The molecule has 0 unspecified atom stereocenters. The summed E-state index contributed by atoms with van der Waals surface area (Å²) in [5.41, 5.74) is 0.451. The summed E-state index contributed by atoms with van der Waals surface area (Å²) >= 11 is 5.95. The summed E-state index contributed by atoms with van der Waals surface area (Å²) in [6.07, 6.45) is 6.12. The minimum Gasteiger partial charge on any atom is -0.348 e. The molecule has 0 bridgehead atoms. The highest BCUT2D eigenvalue weighted by atomic mass is 35.5. The lowest BCUT2D eigenvalue weighted by Gasteiger charge is -2.36. The van der Waals surface area contributed by atoms with E-state index in [-0.39, 0.29) is 29.5 Å². The van der Waals surface area contributed by atoms with E-state index in [1.165, 1.54) is 6.42 Å². The van der Waals surface area contributed by atoms with E-state index in [2.05, 4.69) is 29.3 Å². The van der Waals surface area contributed by atoms with E-state index < -0.39 is 0 Å². The van der Waals surface area contributed by atoms with Gasteiger partial charge in [0, 0.05) is 18.3 Å². The average Bonchev–Trinajstić information content (AvgIpc) is 2.39. The lowest BCUT2D eigenvalue weighted by molar-refractivity contribution is 0.0882. The number of pyridine rings is 1. The second-order valence-corrected chi connectivity index (χ2v) is 5.60. The van der Waals surface area contributed by atoms with Crippen LogP contribution in [0, 0.1) is 0 Å². The van der Waals surface area contributed by atoms with E-state index in [0.29, 0.717) is 11.6 Å². The molecule has 1 fully saturated rings. The van der Waals surface area contributed by atoms with Crippen molar-refractivity contribution in [3.8, 4) is 0 Å². The van der Waals surface area contributed by atoms with Crippen LogP contribution in [0.25, 0.3) is 0 Å². The Balaban J connectivity index is 0.00000200. The van der Waals surface area contributed by atoms with Crippen LogP contribution in [0.2, 0.25) is 5.15 Å². The molecule has 0 aliphatic heterocycles. The van der Waals surface area contributed by atoms with Gasteiger partial charge in [-0.25, -0.2) is 4.98 Å². The van der Waals surface area contributed by atoms with Crippen LogP contribution in [0.4, 0.5) is 0 Å². The molecule has 0 aromatic carbocycles. The quantitative estimate of drug-likeness (QED) is 0.872. The van der Waals surface area contributed by atoms with Crippen molar-refractivity contribution in [1.29, 1.82) is 0 Å². The monoisotopic (exact) mass is 317 g/mol. The van der Waals surface area contributed by atoms with Gasteiger partial charge in [-0.2, -0.15) is 0 Å². The third-order valence-electron chi connectivity index (χ3n) is 3.71. The summed E-state index contributed by atoms with van der Waals surface area (Å²) in [5, 5.41) is 3.36. The van der Waals surface area contributed by atoms with Crippen molar-refractivity contribution in [2.45, 2.75) is 37.8 Å². The Bertz CT molecular complexity index is 454. The fraction of sp³-hybridized carbons (Fsp3) is 0.571. The average molecular weight is 318 g/mol. The minimum atomic E-state index is -0.128. The standard InChI is InChI=1S/C14H20ClN3O.ClH/c1-18(2)12-8-4-3-7-11(12)17-14(19)10-6-5-9-16-13(10)15;/h5-6,9,11-12H,3-4,7-8H2,1-2H3,(H,17,19);1H/t11-,12-;/m1./s1. The predicted octanol–water partition coefficient (Wildman–Crippen LogP) is 2.76. The number of likely N-dealkylation sites (N-methyl/N-ethyl adjacent to an activating group) is 1. The molecule has 1 aliphatic rings. The molecule has 1 aliphatic carbocycles. The zero-order valence-corrected chi connectivity index (χ0v) is 13.4. The van der Waals surface area contributed by atoms with E-state index >= 15 is 0 Å². The van der Waals surface area contributed by atoms with Crippen LogP contribution in [-0.2, 0) is 0 Å². The molecule has 1 heterocycles. The van der Waals surface area contributed by atoms with E-state index in [1.54, 1.807) is 18.3 Å². The molecule has 20 heavy (non-hydrogen) atoms. The van der Waals surface area contributed by atoms with Crippen molar-refractivity contribution in [2.75, 3.05) is 14.1 Å². The van der Waals surface area contributed by atoms with Gasteiger partial charge in [0.2, 0.25) is 0 Å². The molecule has 1 N–H and O–H groups in total. The van der Waals surface area contributed by atoms with E-state index in [0.717, 1.165) is 19.3 Å². The fourth-order valence-corrected chi connectivity index (χ4v) is 2.90. The Morgan fingerprint density at radius 2 is 2.10 bits per heavy atom. The van der Waals surface area contributed by atoms with Crippen molar-refractivity contribution in [2.24, 2.45) is 0 Å². The van der Waals surface area contributed by atoms with Gasteiger partial charge in [-0.05, 0) is 39.1 Å². The van der Waals surface area contributed by atoms with Crippen molar-refractivity contribution >= 4 is 29.9 Å². The Morgan fingerprint density at radius 3 is 2.75 bits per heavy atom. The summed E-state index contributed by atoms with van der Waals surface area (Å²) < 4.78 is 0. The number of nitrogens with zero attached hydrogens (tertiary/aromatic N) is 2. The highest BCUT2D eigenvalue weighted by Crippen LogP contribution is 2.22. The topological polar surface area (TPSA) is 45.2 Å². The summed E-state index contributed by atoms with van der Waals surface area (Å²) in [4.78, 5) is 18.4. The molecule has 1 amide bonds. The molecule has 6 heteroatoms. The first-order valence-electron chi connectivity index (χ1n) is 6.67. The van der Waals surface area contributed by atoms with Gasteiger partial charge >= 0.3 is 0 Å². The van der Waals surface area contributed by atoms with Crippen molar-refractivity contribution < 1.29 is 4.79 Å². The fourth-order valence-electron chi connectivity index (χ4n) is 2.70.